The maximum absolute atomic E-state index is 4.49. The fourth-order valence-electron chi connectivity index (χ4n) is 1.94. The summed E-state index contributed by atoms with van der Waals surface area (Å²) in [7, 11) is 0. The molecule has 0 unspecified atom stereocenters. The van der Waals surface area contributed by atoms with Gasteiger partial charge in [0.25, 0.3) is 0 Å². The van der Waals surface area contributed by atoms with Gasteiger partial charge in [0.2, 0.25) is 0 Å². The highest BCUT2D eigenvalue weighted by atomic mass is 15.3. The highest BCUT2D eigenvalue weighted by molar-refractivity contribution is 5.87. The molecule has 92 valence electrons. The molecular formula is C12H19N5. The lowest BCUT2D eigenvalue weighted by Gasteiger charge is -2.11. The van der Waals surface area contributed by atoms with E-state index in [2.05, 4.69) is 41.2 Å². The van der Waals surface area contributed by atoms with E-state index >= 15 is 0 Å². The molecule has 0 aliphatic heterocycles. The van der Waals surface area contributed by atoms with Gasteiger partial charge in [-0.2, -0.15) is 5.10 Å². The summed E-state index contributed by atoms with van der Waals surface area (Å²) in [6, 6.07) is 0.341. The van der Waals surface area contributed by atoms with Gasteiger partial charge in [0.15, 0.2) is 5.82 Å². The summed E-state index contributed by atoms with van der Waals surface area (Å²) in [6.07, 6.45) is 0. The van der Waals surface area contributed by atoms with Crippen molar-refractivity contribution in [1.29, 1.82) is 0 Å². The van der Waals surface area contributed by atoms with Gasteiger partial charge >= 0.3 is 0 Å². The molecule has 0 aromatic carbocycles. The first-order chi connectivity index (χ1) is 8.02. The Morgan fingerprint density at radius 3 is 2.53 bits per heavy atom. The van der Waals surface area contributed by atoms with Crippen LogP contribution in [0.4, 0.5) is 5.82 Å². The van der Waals surface area contributed by atoms with E-state index in [0.29, 0.717) is 6.04 Å². The van der Waals surface area contributed by atoms with E-state index in [4.69, 9.17) is 0 Å². The second-order valence-corrected chi connectivity index (χ2v) is 4.52. The summed E-state index contributed by atoms with van der Waals surface area (Å²) in [6.45, 7) is 11.0. The minimum Gasteiger partial charge on any atom is -0.366 e. The molecule has 0 saturated heterocycles. The lowest BCUT2D eigenvalue weighted by molar-refractivity contribution is 0.675. The number of hydrogen-bond acceptors (Lipinski definition) is 4. The third-order valence-electron chi connectivity index (χ3n) is 2.59. The first kappa shape index (κ1) is 11.8. The van der Waals surface area contributed by atoms with Crippen LogP contribution in [0.1, 0.15) is 32.3 Å². The Kier molecular flexibility index (Phi) is 3.00. The Balaban J connectivity index is 2.71. The highest BCUT2D eigenvalue weighted by Gasteiger charge is 2.14. The predicted molar refractivity (Wildman–Crippen MR) is 69.2 cm³/mol. The van der Waals surface area contributed by atoms with Crippen molar-refractivity contribution in [2.45, 2.75) is 47.2 Å². The SMILES string of the molecule is CCn1nc(C)c2nc(C)nc(NC(C)C)c21. The Hall–Kier alpha value is -1.65. The zero-order valence-electron chi connectivity index (χ0n) is 11.1. The van der Waals surface area contributed by atoms with Crippen LogP contribution in [0.3, 0.4) is 0 Å². The predicted octanol–water partition coefficient (Wildman–Crippen LogP) is 2.28. The molecule has 2 aromatic heterocycles. The molecule has 5 nitrogen and oxygen atoms in total. The lowest BCUT2D eigenvalue weighted by atomic mass is 10.3. The van der Waals surface area contributed by atoms with Crippen LogP contribution in [-0.4, -0.2) is 25.8 Å². The lowest BCUT2D eigenvalue weighted by Crippen LogP contribution is -2.13. The Morgan fingerprint density at radius 1 is 1.24 bits per heavy atom. The van der Waals surface area contributed by atoms with E-state index in [0.717, 1.165) is 34.9 Å². The molecule has 0 radical (unpaired) electrons. The minimum atomic E-state index is 0.341. The number of rotatable bonds is 3. The van der Waals surface area contributed by atoms with E-state index in [-0.39, 0.29) is 0 Å². The van der Waals surface area contributed by atoms with Gasteiger partial charge < -0.3 is 5.32 Å². The second kappa shape index (κ2) is 4.31. The van der Waals surface area contributed by atoms with Crippen LogP contribution in [0.2, 0.25) is 0 Å². The number of nitrogens with zero attached hydrogens (tertiary/aromatic N) is 4. The average molecular weight is 233 g/mol. The fraction of sp³-hybridized carbons (Fsp3) is 0.583. The van der Waals surface area contributed by atoms with Crippen LogP contribution in [-0.2, 0) is 6.54 Å². The van der Waals surface area contributed by atoms with Gasteiger partial charge in [-0.3, -0.25) is 4.68 Å². The summed E-state index contributed by atoms with van der Waals surface area (Å²) in [4.78, 5) is 8.96. The standard InChI is InChI=1S/C12H19N5/c1-6-17-11-10(8(4)16-17)14-9(5)15-12(11)13-7(2)3/h7H,6H2,1-5H3,(H,13,14,15). The van der Waals surface area contributed by atoms with Gasteiger partial charge in [-0.1, -0.05) is 0 Å². The first-order valence-corrected chi connectivity index (χ1v) is 6.01. The van der Waals surface area contributed by atoms with Crippen molar-refractivity contribution in [1.82, 2.24) is 19.7 Å². The van der Waals surface area contributed by atoms with Crippen molar-refractivity contribution in [3.8, 4) is 0 Å². The van der Waals surface area contributed by atoms with Crippen molar-refractivity contribution in [3.05, 3.63) is 11.5 Å². The van der Waals surface area contributed by atoms with E-state index in [1.54, 1.807) is 0 Å². The van der Waals surface area contributed by atoms with Crippen LogP contribution in [0.5, 0.6) is 0 Å². The zero-order valence-corrected chi connectivity index (χ0v) is 11.1. The van der Waals surface area contributed by atoms with E-state index in [9.17, 15) is 0 Å². The van der Waals surface area contributed by atoms with Crippen molar-refractivity contribution < 1.29 is 0 Å². The van der Waals surface area contributed by atoms with Crippen molar-refractivity contribution in [2.75, 3.05) is 5.32 Å². The largest absolute Gasteiger partial charge is 0.366 e. The number of anilines is 1. The maximum atomic E-state index is 4.49. The molecule has 2 heterocycles. The summed E-state index contributed by atoms with van der Waals surface area (Å²) >= 11 is 0. The summed E-state index contributed by atoms with van der Waals surface area (Å²) < 4.78 is 1.95. The molecule has 0 aliphatic carbocycles. The minimum absolute atomic E-state index is 0.341. The Morgan fingerprint density at radius 2 is 1.94 bits per heavy atom. The molecule has 0 bridgehead atoms. The van der Waals surface area contributed by atoms with Gasteiger partial charge in [-0.25, -0.2) is 9.97 Å². The third-order valence-corrected chi connectivity index (χ3v) is 2.59. The van der Waals surface area contributed by atoms with Gasteiger partial charge in [0.05, 0.1) is 5.69 Å². The molecule has 2 aromatic rings. The van der Waals surface area contributed by atoms with Crippen LogP contribution < -0.4 is 5.32 Å². The second-order valence-electron chi connectivity index (χ2n) is 4.52. The molecule has 0 atom stereocenters. The molecule has 0 fully saturated rings. The van der Waals surface area contributed by atoms with E-state index < -0.39 is 0 Å². The molecule has 1 N–H and O–H groups in total. The number of nitrogens with one attached hydrogen (secondary N) is 1. The average Bonchev–Trinajstić information content (AvgIpc) is 2.55. The van der Waals surface area contributed by atoms with Crippen molar-refractivity contribution in [2.24, 2.45) is 0 Å². The Labute approximate surface area is 101 Å². The number of aryl methyl sites for hydroxylation is 3. The molecule has 0 amide bonds. The van der Waals surface area contributed by atoms with Crippen molar-refractivity contribution >= 4 is 16.9 Å². The summed E-state index contributed by atoms with van der Waals surface area (Å²) in [5, 5.41) is 7.86. The highest BCUT2D eigenvalue weighted by Crippen LogP contribution is 2.23. The monoisotopic (exact) mass is 233 g/mol. The normalized spacial score (nSPS) is 11.4. The smallest absolute Gasteiger partial charge is 0.156 e. The number of hydrogen-bond donors (Lipinski definition) is 1. The molecule has 0 spiro atoms. The maximum Gasteiger partial charge on any atom is 0.156 e. The topological polar surface area (TPSA) is 55.6 Å². The first-order valence-electron chi connectivity index (χ1n) is 6.01. The van der Waals surface area contributed by atoms with Crippen molar-refractivity contribution in [3.63, 3.8) is 0 Å². The van der Waals surface area contributed by atoms with E-state index in [1.165, 1.54) is 0 Å². The molecule has 17 heavy (non-hydrogen) atoms. The molecule has 0 saturated carbocycles. The summed E-state index contributed by atoms with van der Waals surface area (Å²) in [5.41, 5.74) is 2.91. The van der Waals surface area contributed by atoms with Gasteiger partial charge in [-0.05, 0) is 34.6 Å². The summed E-state index contributed by atoms with van der Waals surface area (Å²) in [5.74, 6) is 1.66. The van der Waals surface area contributed by atoms with Gasteiger partial charge in [0.1, 0.15) is 16.9 Å². The molecule has 2 rings (SSSR count). The van der Waals surface area contributed by atoms with Crippen LogP contribution in [0.25, 0.3) is 11.0 Å². The van der Waals surface area contributed by atoms with Crippen LogP contribution >= 0.6 is 0 Å². The van der Waals surface area contributed by atoms with Gasteiger partial charge in [0, 0.05) is 12.6 Å². The molecule has 0 aliphatic rings. The quantitative estimate of drug-likeness (QED) is 0.883. The molecular weight excluding hydrogens is 214 g/mol. The Bertz CT molecular complexity index is 541. The van der Waals surface area contributed by atoms with Crippen LogP contribution in [0, 0.1) is 13.8 Å². The third kappa shape index (κ3) is 2.09. The molecule has 5 heteroatoms. The van der Waals surface area contributed by atoms with E-state index in [1.807, 2.05) is 18.5 Å². The zero-order chi connectivity index (χ0) is 12.6. The van der Waals surface area contributed by atoms with Crippen LogP contribution in [0.15, 0.2) is 0 Å². The fourth-order valence-corrected chi connectivity index (χ4v) is 1.94. The van der Waals surface area contributed by atoms with Gasteiger partial charge in [-0.15, -0.1) is 0 Å². The number of aromatic nitrogens is 4. The number of fused-ring (bicyclic) bond motifs is 1.